The number of azide groups is 1. The van der Waals surface area contributed by atoms with Crippen LogP contribution in [0.3, 0.4) is 0 Å². The van der Waals surface area contributed by atoms with Gasteiger partial charge in [0.15, 0.2) is 0 Å². The molecule has 1 heterocycles. The first kappa shape index (κ1) is 9.22. The number of rotatable bonds is 4. The van der Waals surface area contributed by atoms with E-state index in [1.54, 1.807) is 18.6 Å². The van der Waals surface area contributed by atoms with Crippen LogP contribution in [0.5, 0.6) is 0 Å². The Hall–Kier alpha value is -1.87. The number of hydrogen-bond acceptors (Lipinski definition) is 3. The van der Waals surface area contributed by atoms with Crippen LogP contribution in [0.15, 0.2) is 29.8 Å². The molecule has 66 valence electrons. The molecule has 0 saturated carbocycles. The fourth-order valence-electron chi connectivity index (χ4n) is 0.778. The normalized spacial score (nSPS) is 9.85. The molecule has 1 rings (SSSR count). The van der Waals surface area contributed by atoms with Crippen LogP contribution >= 0.6 is 0 Å². The summed E-state index contributed by atoms with van der Waals surface area (Å²) in [7, 11) is 0. The summed E-state index contributed by atoms with van der Waals surface area (Å²) in [4.78, 5) is 10.6. The van der Waals surface area contributed by atoms with Crippen molar-refractivity contribution >= 4 is 6.08 Å². The van der Waals surface area contributed by atoms with E-state index in [1.165, 1.54) is 0 Å². The van der Waals surface area contributed by atoms with Gasteiger partial charge in [-0.1, -0.05) is 11.2 Å². The Kier molecular flexibility index (Phi) is 4.07. The SMILES string of the molecule is [N-]=[N+]=NCCC=Cc1cnccn1. The third-order valence-corrected chi connectivity index (χ3v) is 1.33. The van der Waals surface area contributed by atoms with E-state index in [1.807, 2.05) is 12.2 Å². The summed E-state index contributed by atoms with van der Waals surface area (Å²) in [6, 6.07) is 0. The maximum atomic E-state index is 7.99. The second-order valence-electron chi connectivity index (χ2n) is 2.28. The minimum absolute atomic E-state index is 0.479. The smallest absolute Gasteiger partial charge is 0.0809 e. The van der Waals surface area contributed by atoms with Crippen molar-refractivity contribution in [2.24, 2.45) is 5.11 Å². The molecule has 1 aromatic heterocycles. The van der Waals surface area contributed by atoms with Gasteiger partial charge in [0.05, 0.1) is 11.9 Å². The zero-order valence-electron chi connectivity index (χ0n) is 7.04. The molecule has 1 aromatic rings. The zero-order chi connectivity index (χ0) is 9.36. The minimum atomic E-state index is 0.479. The van der Waals surface area contributed by atoms with Crippen molar-refractivity contribution in [2.45, 2.75) is 6.42 Å². The molecule has 0 aliphatic heterocycles. The summed E-state index contributed by atoms with van der Waals surface area (Å²) in [5, 5.41) is 3.40. The standard InChI is InChI=1S/C8H9N5/c9-13-12-4-2-1-3-8-7-10-5-6-11-8/h1,3,5-7H,2,4H2. The highest BCUT2D eigenvalue weighted by atomic mass is 15.1. The molecule has 0 fully saturated rings. The van der Waals surface area contributed by atoms with Gasteiger partial charge in [0.25, 0.3) is 0 Å². The average Bonchev–Trinajstić information content (AvgIpc) is 2.19. The zero-order valence-corrected chi connectivity index (χ0v) is 7.04. The molecule has 0 aliphatic carbocycles. The van der Waals surface area contributed by atoms with Crippen LogP contribution in [0.25, 0.3) is 16.5 Å². The molecular formula is C8H9N5. The molecule has 5 heteroatoms. The van der Waals surface area contributed by atoms with E-state index >= 15 is 0 Å². The van der Waals surface area contributed by atoms with Crippen molar-refractivity contribution in [1.29, 1.82) is 0 Å². The fourth-order valence-corrected chi connectivity index (χ4v) is 0.778. The van der Waals surface area contributed by atoms with Crippen LogP contribution < -0.4 is 0 Å². The largest absolute Gasteiger partial charge is 0.261 e. The predicted molar refractivity (Wildman–Crippen MR) is 49.7 cm³/mol. The third kappa shape index (κ3) is 3.88. The molecule has 0 aliphatic rings. The average molecular weight is 175 g/mol. The molecule has 0 radical (unpaired) electrons. The maximum absolute atomic E-state index is 7.99. The molecule has 5 nitrogen and oxygen atoms in total. The van der Waals surface area contributed by atoms with Gasteiger partial charge in [-0.05, 0) is 18.0 Å². The maximum Gasteiger partial charge on any atom is 0.0809 e. The number of aromatic nitrogens is 2. The Morgan fingerprint density at radius 3 is 3.15 bits per heavy atom. The molecule has 0 aromatic carbocycles. The highest BCUT2D eigenvalue weighted by molar-refractivity contribution is 5.42. The fraction of sp³-hybridized carbons (Fsp3) is 0.250. The lowest BCUT2D eigenvalue weighted by molar-refractivity contribution is 0.994. The molecule has 0 unspecified atom stereocenters. The van der Waals surface area contributed by atoms with Crippen molar-refractivity contribution in [3.8, 4) is 0 Å². The van der Waals surface area contributed by atoms with E-state index in [4.69, 9.17) is 5.53 Å². The van der Waals surface area contributed by atoms with Gasteiger partial charge in [-0.25, -0.2) is 0 Å². The predicted octanol–water partition coefficient (Wildman–Crippen LogP) is 2.19. The van der Waals surface area contributed by atoms with E-state index in [2.05, 4.69) is 20.0 Å². The second-order valence-corrected chi connectivity index (χ2v) is 2.28. The molecule has 0 saturated heterocycles. The van der Waals surface area contributed by atoms with E-state index < -0.39 is 0 Å². The molecule has 13 heavy (non-hydrogen) atoms. The summed E-state index contributed by atoms with van der Waals surface area (Å²) in [6.07, 6.45) is 9.40. The van der Waals surface area contributed by atoms with Crippen LogP contribution in [-0.4, -0.2) is 16.5 Å². The van der Waals surface area contributed by atoms with Gasteiger partial charge in [0.2, 0.25) is 0 Å². The van der Waals surface area contributed by atoms with Gasteiger partial charge in [-0.3, -0.25) is 9.97 Å². The molecule has 0 spiro atoms. The molecule has 0 N–H and O–H groups in total. The van der Waals surface area contributed by atoms with Gasteiger partial charge in [0.1, 0.15) is 0 Å². The van der Waals surface area contributed by atoms with E-state index in [-0.39, 0.29) is 0 Å². The monoisotopic (exact) mass is 175 g/mol. The lowest BCUT2D eigenvalue weighted by atomic mass is 10.3. The number of nitrogens with zero attached hydrogens (tertiary/aromatic N) is 5. The molecular weight excluding hydrogens is 166 g/mol. The van der Waals surface area contributed by atoms with Crippen molar-refractivity contribution in [2.75, 3.05) is 6.54 Å². The van der Waals surface area contributed by atoms with Crippen LogP contribution in [-0.2, 0) is 0 Å². The van der Waals surface area contributed by atoms with Gasteiger partial charge in [-0.15, -0.1) is 0 Å². The first-order valence-corrected chi connectivity index (χ1v) is 3.87. The lowest BCUT2D eigenvalue weighted by Crippen LogP contribution is -1.80. The van der Waals surface area contributed by atoms with Crippen LogP contribution in [0.2, 0.25) is 0 Å². The van der Waals surface area contributed by atoms with Crippen LogP contribution in [0.1, 0.15) is 12.1 Å². The minimum Gasteiger partial charge on any atom is -0.261 e. The Labute approximate surface area is 75.8 Å². The third-order valence-electron chi connectivity index (χ3n) is 1.33. The van der Waals surface area contributed by atoms with Gasteiger partial charge >= 0.3 is 0 Å². The summed E-state index contributed by atoms with van der Waals surface area (Å²) in [5.74, 6) is 0. The van der Waals surface area contributed by atoms with Crippen molar-refractivity contribution in [3.05, 3.63) is 40.8 Å². The van der Waals surface area contributed by atoms with Gasteiger partial charge in [0, 0.05) is 23.9 Å². The van der Waals surface area contributed by atoms with Gasteiger partial charge < -0.3 is 0 Å². The summed E-state index contributed by atoms with van der Waals surface area (Å²) in [5.41, 5.74) is 8.80. The van der Waals surface area contributed by atoms with Crippen LogP contribution in [0.4, 0.5) is 0 Å². The Bertz CT molecular complexity index is 313. The van der Waals surface area contributed by atoms with Crippen molar-refractivity contribution in [1.82, 2.24) is 9.97 Å². The van der Waals surface area contributed by atoms with E-state index in [0.717, 1.165) is 12.1 Å². The Morgan fingerprint density at radius 2 is 2.46 bits per heavy atom. The van der Waals surface area contributed by atoms with Gasteiger partial charge in [-0.2, -0.15) is 0 Å². The first-order valence-electron chi connectivity index (χ1n) is 3.87. The lowest BCUT2D eigenvalue weighted by Gasteiger charge is -1.88. The summed E-state index contributed by atoms with van der Waals surface area (Å²) in [6.45, 7) is 0.479. The number of hydrogen-bond donors (Lipinski definition) is 0. The highest BCUT2D eigenvalue weighted by Crippen LogP contribution is 1.95. The quantitative estimate of drug-likeness (QED) is 0.304. The Morgan fingerprint density at radius 1 is 1.54 bits per heavy atom. The molecule has 0 atom stereocenters. The van der Waals surface area contributed by atoms with E-state index in [9.17, 15) is 0 Å². The second kappa shape index (κ2) is 5.74. The molecule has 0 amide bonds. The summed E-state index contributed by atoms with van der Waals surface area (Å²) < 4.78 is 0. The van der Waals surface area contributed by atoms with E-state index in [0.29, 0.717) is 6.54 Å². The van der Waals surface area contributed by atoms with Crippen molar-refractivity contribution in [3.63, 3.8) is 0 Å². The molecule has 0 bridgehead atoms. The summed E-state index contributed by atoms with van der Waals surface area (Å²) >= 11 is 0. The highest BCUT2D eigenvalue weighted by Gasteiger charge is 1.83. The first-order chi connectivity index (χ1) is 6.43. The Balaban J connectivity index is 2.36. The van der Waals surface area contributed by atoms with Crippen LogP contribution in [0, 0.1) is 0 Å². The van der Waals surface area contributed by atoms with Crippen molar-refractivity contribution < 1.29 is 0 Å². The topological polar surface area (TPSA) is 74.5 Å².